The van der Waals surface area contributed by atoms with Crippen molar-refractivity contribution in [2.75, 3.05) is 6.61 Å². The van der Waals surface area contributed by atoms with Crippen LogP contribution in [0.3, 0.4) is 0 Å². The summed E-state index contributed by atoms with van der Waals surface area (Å²) in [7, 11) is 0. The molecular formula is C35H49N3O2. The van der Waals surface area contributed by atoms with Gasteiger partial charge < -0.3 is 9.30 Å². The molecule has 40 heavy (non-hydrogen) atoms. The third kappa shape index (κ3) is 13.2. The summed E-state index contributed by atoms with van der Waals surface area (Å²) in [6.07, 6.45) is 25.5. The van der Waals surface area contributed by atoms with E-state index in [-0.39, 0.29) is 5.43 Å². The Kier molecular flexibility index (Phi) is 15.5. The van der Waals surface area contributed by atoms with Crippen LogP contribution >= 0.6 is 0 Å². The maximum absolute atomic E-state index is 11.3. The normalized spacial score (nSPS) is 11.3. The Bertz CT molecular complexity index is 1120. The van der Waals surface area contributed by atoms with E-state index in [2.05, 4.69) is 17.2 Å². The van der Waals surface area contributed by atoms with Gasteiger partial charge in [-0.05, 0) is 55.0 Å². The lowest BCUT2D eigenvalue weighted by molar-refractivity contribution is 0.304. The van der Waals surface area contributed by atoms with Crippen molar-refractivity contribution < 1.29 is 4.74 Å². The smallest absolute Gasteiger partial charge is 0.181 e. The highest BCUT2D eigenvalue weighted by molar-refractivity contribution is 5.46. The van der Waals surface area contributed by atoms with E-state index in [9.17, 15) is 4.79 Å². The topological polar surface area (TPSA) is 56.0 Å². The predicted octanol–water partition coefficient (Wildman–Crippen LogP) is 10.9. The van der Waals surface area contributed by atoms with Crippen molar-refractivity contribution >= 4 is 11.4 Å². The maximum Gasteiger partial charge on any atom is 0.181 e. The minimum absolute atomic E-state index is 0.00157. The van der Waals surface area contributed by atoms with Gasteiger partial charge in [-0.15, -0.1) is 0 Å². The maximum atomic E-state index is 11.3. The third-order valence-electron chi connectivity index (χ3n) is 7.33. The Morgan fingerprint density at radius 1 is 0.550 bits per heavy atom. The van der Waals surface area contributed by atoms with Crippen molar-refractivity contribution in [1.29, 1.82) is 0 Å². The predicted molar refractivity (Wildman–Crippen MR) is 168 cm³/mol. The van der Waals surface area contributed by atoms with Gasteiger partial charge in [0.15, 0.2) is 5.43 Å². The fourth-order valence-corrected chi connectivity index (χ4v) is 4.84. The van der Waals surface area contributed by atoms with Gasteiger partial charge in [-0.25, -0.2) is 0 Å². The Morgan fingerprint density at radius 2 is 0.975 bits per heavy atom. The quantitative estimate of drug-likeness (QED) is 0.0991. The second-order valence-corrected chi connectivity index (χ2v) is 10.8. The molecule has 0 N–H and O–H groups in total. The monoisotopic (exact) mass is 543 g/mol. The molecule has 1 aromatic heterocycles. The molecule has 3 aromatic rings. The van der Waals surface area contributed by atoms with Crippen LogP contribution in [-0.4, -0.2) is 11.2 Å². The first-order chi connectivity index (χ1) is 19.7. The molecule has 2 aromatic carbocycles. The van der Waals surface area contributed by atoms with Gasteiger partial charge in [0.05, 0.1) is 18.0 Å². The molecule has 0 amide bonds. The number of ether oxygens (including phenoxy) is 1. The molecule has 3 rings (SSSR count). The van der Waals surface area contributed by atoms with Gasteiger partial charge in [-0.2, -0.15) is 10.2 Å². The summed E-state index contributed by atoms with van der Waals surface area (Å²) in [5.74, 6) is 0.880. The molecule has 0 fully saturated rings. The number of aromatic nitrogens is 1. The Hall–Kier alpha value is -3.21. The van der Waals surface area contributed by atoms with E-state index >= 15 is 0 Å². The Labute approximate surface area is 241 Å². The Balaban J connectivity index is 1.18. The van der Waals surface area contributed by atoms with Crippen molar-refractivity contribution in [3.63, 3.8) is 0 Å². The van der Waals surface area contributed by atoms with Crippen LogP contribution < -0.4 is 10.2 Å². The molecule has 5 heteroatoms. The van der Waals surface area contributed by atoms with Gasteiger partial charge in [-0.3, -0.25) is 4.79 Å². The summed E-state index contributed by atoms with van der Waals surface area (Å²) >= 11 is 0. The number of rotatable bonds is 21. The van der Waals surface area contributed by atoms with E-state index in [0.717, 1.165) is 35.8 Å². The van der Waals surface area contributed by atoms with Gasteiger partial charge in [0.2, 0.25) is 0 Å². The summed E-state index contributed by atoms with van der Waals surface area (Å²) < 4.78 is 7.80. The van der Waals surface area contributed by atoms with Crippen LogP contribution in [0, 0.1) is 0 Å². The van der Waals surface area contributed by atoms with Crippen LogP contribution in [0.1, 0.15) is 110 Å². The molecule has 0 unspecified atom stereocenters. The van der Waals surface area contributed by atoms with E-state index < -0.39 is 0 Å². The van der Waals surface area contributed by atoms with E-state index in [4.69, 9.17) is 4.74 Å². The molecule has 0 saturated heterocycles. The Morgan fingerprint density at radius 3 is 1.45 bits per heavy atom. The van der Waals surface area contributed by atoms with E-state index in [1.54, 1.807) is 24.5 Å². The molecular weight excluding hydrogens is 494 g/mol. The van der Waals surface area contributed by atoms with Gasteiger partial charge in [-0.1, -0.05) is 103 Å². The average Bonchev–Trinajstić information content (AvgIpc) is 2.99. The number of hydrogen-bond acceptors (Lipinski definition) is 4. The lowest BCUT2D eigenvalue weighted by atomic mass is 10.0. The lowest BCUT2D eigenvalue weighted by Gasteiger charge is -2.06. The lowest BCUT2D eigenvalue weighted by Crippen LogP contribution is -2.01. The summed E-state index contributed by atoms with van der Waals surface area (Å²) in [6.45, 7) is 3.05. The van der Waals surface area contributed by atoms with Crippen molar-refractivity contribution in [2.24, 2.45) is 10.2 Å². The SMILES string of the molecule is CCCCCCCCCCCCCCCCCCOc1ccc(N=Nc2ccc(-n3ccc(=O)cc3)cc2)cc1. The number of unbranched alkanes of at least 4 members (excludes halogenated alkanes) is 15. The highest BCUT2D eigenvalue weighted by atomic mass is 16.5. The van der Waals surface area contributed by atoms with Crippen LogP contribution in [0.5, 0.6) is 5.75 Å². The van der Waals surface area contributed by atoms with Gasteiger partial charge in [0, 0.05) is 30.2 Å². The first-order valence-electron chi connectivity index (χ1n) is 15.7. The molecule has 5 nitrogen and oxygen atoms in total. The first-order valence-corrected chi connectivity index (χ1v) is 15.7. The average molecular weight is 544 g/mol. The fraction of sp³-hybridized carbons (Fsp3) is 0.514. The van der Waals surface area contributed by atoms with Crippen LogP contribution in [0.4, 0.5) is 11.4 Å². The van der Waals surface area contributed by atoms with Crippen molar-refractivity contribution in [3.8, 4) is 11.4 Å². The fourth-order valence-electron chi connectivity index (χ4n) is 4.84. The molecule has 0 spiro atoms. The third-order valence-corrected chi connectivity index (χ3v) is 7.33. The largest absolute Gasteiger partial charge is 0.494 e. The first kappa shape index (κ1) is 31.3. The van der Waals surface area contributed by atoms with Crippen molar-refractivity contribution in [1.82, 2.24) is 4.57 Å². The zero-order valence-electron chi connectivity index (χ0n) is 24.6. The van der Waals surface area contributed by atoms with Crippen molar-refractivity contribution in [3.05, 3.63) is 83.3 Å². The summed E-state index contributed by atoms with van der Waals surface area (Å²) in [6, 6.07) is 18.6. The van der Waals surface area contributed by atoms with Crippen LogP contribution in [-0.2, 0) is 0 Å². The van der Waals surface area contributed by atoms with Gasteiger partial charge in [0.25, 0.3) is 0 Å². The number of benzene rings is 2. The van der Waals surface area contributed by atoms with Crippen molar-refractivity contribution in [2.45, 2.75) is 110 Å². The molecule has 0 atom stereocenters. The molecule has 0 aliphatic rings. The highest BCUT2D eigenvalue weighted by Gasteiger charge is 1.99. The van der Waals surface area contributed by atoms with E-state index in [1.807, 2.05) is 53.1 Å². The van der Waals surface area contributed by atoms with E-state index in [1.165, 1.54) is 96.3 Å². The number of azo groups is 1. The molecule has 0 aliphatic heterocycles. The molecule has 0 radical (unpaired) electrons. The highest BCUT2D eigenvalue weighted by Crippen LogP contribution is 2.22. The molecule has 0 saturated carbocycles. The van der Waals surface area contributed by atoms with Crippen LogP contribution in [0.15, 0.2) is 88.1 Å². The zero-order chi connectivity index (χ0) is 28.1. The second kappa shape index (κ2) is 19.8. The molecule has 1 heterocycles. The van der Waals surface area contributed by atoms with Crippen LogP contribution in [0.2, 0.25) is 0 Å². The minimum atomic E-state index is -0.00157. The zero-order valence-corrected chi connectivity index (χ0v) is 24.6. The van der Waals surface area contributed by atoms with Gasteiger partial charge >= 0.3 is 0 Å². The standard InChI is InChI=1S/C35H49N3O2/c1-2-3-4-5-6-7-8-9-10-11-12-13-14-15-16-17-30-40-35-24-20-32(21-25-35)37-36-31-18-22-33(23-19-31)38-28-26-34(39)27-29-38/h18-29H,2-17,30H2,1H3. The summed E-state index contributed by atoms with van der Waals surface area (Å²) in [5, 5.41) is 8.67. The number of nitrogens with zero attached hydrogens (tertiary/aromatic N) is 3. The van der Waals surface area contributed by atoms with E-state index in [0.29, 0.717) is 0 Å². The molecule has 216 valence electrons. The molecule has 0 aliphatic carbocycles. The number of hydrogen-bond donors (Lipinski definition) is 0. The summed E-state index contributed by atoms with van der Waals surface area (Å²) in [4.78, 5) is 11.3. The van der Waals surface area contributed by atoms with Crippen LogP contribution in [0.25, 0.3) is 5.69 Å². The molecule has 0 bridgehead atoms. The summed E-state index contributed by atoms with van der Waals surface area (Å²) in [5.41, 5.74) is 2.52. The number of pyridine rings is 1. The minimum Gasteiger partial charge on any atom is -0.494 e. The van der Waals surface area contributed by atoms with Gasteiger partial charge in [0.1, 0.15) is 5.75 Å². The second-order valence-electron chi connectivity index (χ2n) is 10.8.